The Morgan fingerprint density at radius 1 is 1.23 bits per heavy atom. The van der Waals surface area contributed by atoms with Crippen molar-refractivity contribution in [3.8, 4) is 0 Å². The molecule has 2 aliphatic rings. The maximum atomic E-state index is 12.8. The molecule has 0 saturated carbocycles. The molecule has 0 bridgehead atoms. The number of amides is 1. The molecule has 2 radical (unpaired) electrons. The average molecular weight is 292 g/mol. The standard InChI is InChI=1S/C16H13BN2O.C2H6.H2/c17-11-7-5-10-6-8-15-18-13-4-2-1-3-12(13)16(20)19(15)14(10)9-11;1-2;/h1-5,7,9,15,18H,6,8H2;1-2H3;1H. The molecular formula is C18H21BN2O. The fourth-order valence-corrected chi connectivity index (χ4v) is 3.10. The first-order chi connectivity index (χ1) is 10.7. The summed E-state index contributed by atoms with van der Waals surface area (Å²) in [6.07, 6.45) is 1.89. The smallest absolute Gasteiger partial charge is 0.262 e. The highest BCUT2D eigenvalue weighted by atomic mass is 16.2. The Kier molecular flexibility index (Phi) is 3.93. The van der Waals surface area contributed by atoms with Crippen LogP contribution in [0, 0.1) is 0 Å². The van der Waals surface area contributed by atoms with Gasteiger partial charge in [-0.15, -0.1) is 0 Å². The third-order valence-corrected chi connectivity index (χ3v) is 4.07. The molecule has 2 aromatic carbocycles. The van der Waals surface area contributed by atoms with Crippen molar-refractivity contribution >= 4 is 30.6 Å². The molecule has 2 aliphatic heterocycles. The maximum Gasteiger partial charge on any atom is 0.262 e. The van der Waals surface area contributed by atoms with Crippen LogP contribution >= 0.6 is 0 Å². The first-order valence-electron chi connectivity index (χ1n) is 7.81. The van der Waals surface area contributed by atoms with Crippen LogP contribution in [0.5, 0.6) is 0 Å². The Balaban J connectivity index is 0.000000617. The van der Waals surface area contributed by atoms with E-state index < -0.39 is 0 Å². The minimum absolute atomic E-state index is 0. The Morgan fingerprint density at radius 3 is 2.82 bits per heavy atom. The van der Waals surface area contributed by atoms with Gasteiger partial charge in [-0.2, -0.15) is 0 Å². The van der Waals surface area contributed by atoms with E-state index in [1.54, 1.807) is 0 Å². The second kappa shape index (κ2) is 5.88. The number of hydrogen-bond donors (Lipinski definition) is 1. The van der Waals surface area contributed by atoms with Crippen LogP contribution in [0.25, 0.3) is 0 Å². The summed E-state index contributed by atoms with van der Waals surface area (Å²) in [5.41, 5.74) is 4.46. The van der Waals surface area contributed by atoms with Gasteiger partial charge in [0.1, 0.15) is 14.0 Å². The third kappa shape index (κ3) is 2.29. The maximum absolute atomic E-state index is 12.8. The number of rotatable bonds is 0. The largest absolute Gasteiger partial charge is 0.364 e. The normalized spacial score (nSPS) is 18.2. The molecule has 22 heavy (non-hydrogen) atoms. The second-order valence-electron chi connectivity index (χ2n) is 5.31. The molecule has 0 spiro atoms. The zero-order valence-corrected chi connectivity index (χ0v) is 13.0. The molecule has 4 rings (SSSR count). The summed E-state index contributed by atoms with van der Waals surface area (Å²) < 4.78 is 0. The monoisotopic (exact) mass is 292 g/mol. The van der Waals surface area contributed by atoms with Crippen molar-refractivity contribution in [2.24, 2.45) is 0 Å². The van der Waals surface area contributed by atoms with E-state index >= 15 is 0 Å². The molecule has 1 unspecified atom stereocenters. The SMILES string of the molecule is CC.[B]c1ccc2c(c1)N1C(=O)c3ccccc3NC1CC2.[HH]. The Bertz CT molecular complexity index is 720. The summed E-state index contributed by atoms with van der Waals surface area (Å²) >= 11 is 0. The van der Waals surface area contributed by atoms with Crippen molar-refractivity contribution in [2.75, 3.05) is 10.2 Å². The molecule has 4 heteroatoms. The fourth-order valence-electron chi connectivity index (χ4n) is 3.10. The highest BCUT2D eigenvalue weighted by Crippen LogP contribution is 2.36. The van der Waals surface area contributed by atoms with Gasteiger partial charge in [0.2, 0.25) is 0 Å². The lowest BCUT2D eigenvalue weighted by Crippen LogP contribution is -2.51. The van der Waals surface area contributed by atoms with Gasteiger partial charge in [0, 0.05) is 12.8 Å². The van der Waals surface area contributed by atoms with Gasteiger partial charge in [0.15, 0.2) is 0 Å². The number of benzene rings is 2. The summed E-state index contributed by atoms with van der Waals surface area (Å²) in [5, 5.41) is 3.45. The topological polar surface area (TPSA) is 32.3 Å². The van der Waals surface area contributed by atoms with Crippen LogP contribution in [0.3, 0.4) is 0 Å². The van der Waals surface area contributed by atoms with E-state index in [2.05, 4.69) is 5.32 Å². The summed E-state index contributed by atoms with van der Waals surface area (Å²) in [5.74, 6) is 0.0518. The minimum atomic E-state index is 0. The van der Waals surface area contributed by atoms with Gasteiger partial charge >= 0.3 is 0 Å². The highest BCUT2D eigenvalue weighted by Gasteiger charge is 2.36. The molecule has 112 valence electrons. The van der Waals surface area contributed by atoms with Crippen molar-refractivity contribution in [2.45, 2.75) is 32.9 Å². The first kappa shape index (κ1) is 14.7. The lowest BCUT2D eigenvalue weighted by molar-refractivity contribution is 0.0972. The lowest BCUT2D eigenvalue weighted by Gasteiger charge is -2.42. The average Bonchev–Trinajstić information content (AvgIpc) is 2.56. The Labute approximate surface area is 134 Å². The van der Waals surface area contributed by atoms with E-state index in [1.165, 1.54) is 5.56 Å². The quantitative estimate of drug-likeness (QED) is 0.757. The van der Waals surface area contributed by atoms with Gasteiger partial charge in [0.05, 0.1) is 5.56 Å². The van der Waals surface area contributed by atoms with E-state index in [-0.39, 0.29) is 13.5 Å². The zero-order chi connectivity index (χ0) is 15.7. The van der Waals surface area contributed by atoms with Gasteiger partial charge in [-0.1, -0.05) is 43.6 Å². The molecule has 3 nitrogen and oxygen atoms in total. The number of anilines is 2. The molecule has 0 aromatic heterocycles. The van der Waals surface area contributed by atoms with Crippen LogP contribution in [0.15, 0.2) is 42.5 Å². The lowest BCUT2D eigenvalue weighted by atomic mass is 9.89. The predicted molar refractivity (Wildman–Crippen MR) is 94.3 cm³/mol. The number of nitrogens with zero attached hydrogens (tertiary/aromatic N) is 1. The van der Waals surface area contributed by atoms with Crippen LogP contribution in [0.4, 0.5) is 11.4 Å². The van der Waals surface area contributed by atoms with Crippen molar-refractivity contribution < 1.29 is 6.22 Å². The van der Waals surface area contributed by atoms with Crippen LogP contribution in [-0.2, 0) is 6.42 Å². The fraction of sp³-hybridized carbons (Fsp3) is 0.278. The number of carbonyl (C=O) groups is 1. The van der Waals surface area contributed by atoms with E-state index in [1.807, 2.05) is 61.2 Å². The second-order valence-corrected chi connectivity index (χ2v) is 5.31. The molecule has 1 amide bonds. The van der Waals surface area contributed by atoms with Crippen LogP contribution in [0.2, 0.25) is 0 Å². The van der Waals surface area contributed by atoms with Crippen LogP contribution < -0.4 is 15.7 Å². The molecular weight excluding hydrogens is 271 g/mol. The minimum Gasteiger partial charge on any atom is -0.364 e. The summed E-state index contributed by atoms with van der Waals surface area (Å²) in [4.78, 5) is 14.6. The van der Waals surface area contributed by atoms with E-state index in [9.17, 15) is 4.79 Å². The summed E-state index contributed by atoms with van der Waals surface area (Å²) in [6, 6.07) is 13.5. The van der Waals surface area contributed by atoms with Crippen molar-refractivity contribution in [3.05, 3.63) is 53.6 Å². The molecule has 2 aromatic rings. The van der Waals surface area contributed by atoms with Crippen molar-refractivity contribution in [3.63, 3.8) is 0 Å². The molecule has 1 N–H and O–H groups in total. The third-order valence-electron chi connectivity index (χ3n) is 4.07. The number of fused-ring (bicyclic) bond motifs is 4. The van der Waals surface area contributed by atoms with Crippen molar-refractivity contribution in [1.82, 2.24) is 0 Å². The van der Waals surface area contributed by atoms with Crippen LogP contribution in [0.1, 0.15) is 37.6 Å². The molecule has 2 heterocycles. The van der Waals surface area contributed by atoms with Crippen molar-refractivity contribution in [1.29, 1.82) is 0 Å². The van der Waals surface area contributed by atoms with E-state index in [0.717, 1.165) is 29.8 Å². The first-order valence-corrected chi connectivity index (χ1v) is 7.81. The van der Waals surface area contributed by atoms with E-state index in [0.29, 0.717) is 5.46 Å². The van der Waals surface area contributed by atoms with Crippen LogP contribution in [-0.4, -0.2) is 19.9 Å². The van der Waals surface area contributed by atoms with E-state index in [4.69, 9.17) is 7.85 Å². The van der Waals surface area contributed by atoms with Gasteiger partial charge in [-0.05, 0) is 36.6 Å². The highest BCUT2D eigenvalue weighted by molar-refractivity contribution is 6.32. The number of aryl methyl sites for hydroxylation is 1. The zero-order valence-electron chi connectivity index (χ0n) is 13.0. The summed E-state index contributed by atoms with van der Waals surface area (Å²) in [6.45, 7) is 4.00. The van der Waals surface area contributed by atoms with Gasteiger partial charge in [-0.3, -0.25) is 9.69 Å². The Hall–Kier alpha value is -2.23. The molecule has 0 aliphatic carbocycles. The van der Waals surface area contributed by atoms with Gasteiger partial charge in [0.25, 0.3) is 5.91 Å². The number of para-hydroxylation sites is 1. The number of carbonyl (C=O) groups excluding carboxylic acids is 1. The molecule has 0 fully saturated rings. The predicted octanol–water partition coefficient (Wildman–Crippen LogP) is 3.10. The molecule has 0 saturated heterocycles. The Morgan fingerprint density at radius 2 is 2.00 bits per heavy atom. The van der Waals surface area contributed by atoms with Gasteiger partial charge in [-0.25, -0.2) is 0 Å². The number of nitrogens with one attached hydrogen (secondary N) is 1. The summed E-state index contributed by atoms with van der Waals surface area (Å²) in [7, 11) is 5.89. The number of hydrogen-bond acceptors (Lipinski definition) is 2. The van der Waals surface area contributed by atoms with Gasteiger partial charge < -0.3 is 5.32 Å². The molecule has 1 atom stereocenters.